The molecule has 0 spiro atoms. The molecule has 0 saturated carbocycles. The Morgan fingerprint density at radius 2 is 2.25 bits per heavy atom. The maximum Gasteiger partial charge on any atom is 0.355 e. The van der Waals surface area contributed by atoms with Gasteiger partial charge in [-0.25, -0.2) is 4.79 Å². The number of nitrogens with one attached hydrogen (secondary N) is 1. The van der Waals surface area contributed by atoms with Crippen LogP contribution in [0.2, 0.25) is 0 Å². The van der Waals surface area contributed by atoms with Crippen molar-refractivity contribution in [2.45, 2.75) is 26.2 Å². The summed E-state index contributed by atoms with van der Waals surface area (Å²) in [6.45, 7) is 2.07. The summed E-state index contributed by atoms with van der Waals surface area (Å²) in [6, 6.07) is 0. The maximum absolute atomic E-state index is 11.6. The van der Waals surface area contributed by atoms with Gasteiger partial charge in [-0.2, -0.15) is 0 Å². The summed E-state index contributed by atoms with van der Waals surface area (Å²) in [5, 5.41) is 0. The fourth-order valence-electron chi connectivity index (χ4n) is 1.88. The van der Waals surface area contributed by atoms with Gasteiger partial charge in [-0.1, -0.05) is 0 Å². The van der Waals surface area contributed by atoms with Crippen molar-refractivity contribution in [2.75, 3.05) is 6.61 Å². The van der Waals surface area contributed by atoms with Gasteiger partial charge in [-0.3, -0.25) is 4.79 Å². The van der Waals surface area contributed by atoms with Gasteiger partial charge in [-0.15, -0.1) is 0 Å². The van der Waals surface area contributed by atoms with Gasteiger partial charge in [-0.05, 0) is 41.3 Å². The van der Waals surface area contributed by atoms with Crippen LogP contribution in [-0.4, -0.2) is 23.3 Å². The monoisotopic (exact) mass is 285 g/mol. The Balaban J connectivity index is 2.42. The Morgan fingerprint density at radius 3 is 2.88 bits per heavy atom. The molecule has 0 atom stereocenters. The summed E-state index contributed by atoms with van der Waals surface area (Å²) in [7, 11) is 0. The lowest BCUT2D eigenvalue weighted by molar-refractivity contribution is 0.0519. The molecule has 1 aliphatic rings. The number of ketones is 1. The fourth-order valence-corrected chi connectivity index (χ4v) is 2.54. The van der Waals surface area contributed by atoms with Crippen molar-refractivity contribution in [1.82, 2.24) is 4.98 Å². The van der Waals surface area contributed by atoms with Gasteiger partial charge in [0.15, 0.2) is 5.78 Å². The number of hydrogen-bond donors (Lipinski definition) is 1. The number of hydrogen-bond acceptors (Lipinski definition) is 3. The molecular weight excluding hydrogens is 274 g/mol. The summed E-state index contributed by atoms with van der Waals surface area (Å²) in [5.74, 6) is -0.353. The number of halogens is 1. The van der Waals surface area contributed by atoms with Crippen LogP contribution in [0.15, 0.2) is 4.47 Å². The topological polar surface area (TPSA) is 59.2 Å². The van der Waals surface area contributed by atoms with E-state index in [0.29, 0.717) is 28.9 Å². The highest BCUT2D eigenvalue weighted by atomic mass is 79.9. The molecule has 0 saturated heterocycles. The minimum Gasteiger partial charge on any atom is -0.461 e. The van der Waals surface area contributed by atoms with Crippen molar-refractivity contribution in [3.05, 3.63) is 21.4 Å². The lowest BCUT2D eigenvalue weighted by atomic mass is 9.97. The number of Topliss-reactive ketones (excluding diaryl/α,β-unsaturated/α-hetero) is 1. The third kappa shape index (κ3) is 1.80. The van der Waals surface area contributed by atoms with E-state index in [0.717, 1.165) is 18.4 Å². The molecule has 0 amide bonds. The zero-order chi connectivity index (χ0) is 11.7. The largest absolute Gasteiger partial charge is 0.461 e. The Morgan fingerprint density at radius 1 is 1.50 bits per heavy atom. The van der Waals surface area contributed by atoms with Gasteiger partial charge in [0.25, 0.3) is 0 Å². The van der Waals surface area contributed by atoms with E-state index in [9.17, 15) is 9.59 Å². The molecule has 0 fully saturated rings. The molecule has 0 radical (unpaired) electrons. The molecule has 1 aromatic rings. The zero-order valence-electron chi connectivity index (χ0n) is 8.93. The second-order valence-electron chi connectivity index (χ2n) is 3.66. The molecule has 16 heavy (non-hydrogen) atoms. The molecule has 0 bridgehead atoms. The minimum absolute atomic E-state index is 0.0671. The average Bonchev–Trinajstić information content (AvgIpc) is 2.59. The molecule has 0 unspecified atom stereocenters. The number of H-pyrrole nitrogens is 1. The molecule has 86 valence electrons. The van der Waals surface area contributed by atoms with Crippen molar-refractivity contribution in [1.29, 1.82) is 0 Å². The van der Waals surface area contributed by atoms with E-state index in [2.05, 4.69) is 20.9 Å². The first-order valence-electron chi connectivity index (χ1n) is 5.25. The highest BCUT2D eigenvalue weighted by Gasteiger charge is 2.27. The molecule has 1 aromatic heterocycles. The lowest BCUT2D eigenvalue weighted by Crippen LogP contribution is -2.10. The number of carbonyl (C=O) groups is 2. The van der Waals surface area contributed by atoms with E-state index < -0.39 is 5.97 Å². The summed E-state index contributed by atoms with van der Waals surface area (Å²) in [6.07, 6.45) is 2.20. The number of ether oxygens (including phenoxy) is 1. The number of fused-ring (bicyclic) bond motifs is 1. The van der Waals surface area contributed by atoms with E-state index in [-0.39, 0.29) is 5.78 Å². The second-order valence-corrected chi connectivity index (χ2v) is 4.46. The molecule has 1 N–H and O–H groups in total. The van der Waals surface area contributed by atoms with Crippen molar-refractivity contribution in [2.24, 2.45) is 0 Å². The van der Waals surface area contributed by atoms with Gasteiger partial charge in [0.05, 0.1) is 16.8 Å². The molecule has 1 heterocycles. The van der Waals surface area contributed by atoms with Crippen molar-refractivity contribution < 1.29 is 14.3 Å². The molecule has 4 nitrogen and oxygen atoms in total. The molecule has 1 aliphatic carbocycles. The Kier molecular flexibility index (Phi) is 3.14. The van der Waals surface area contributed by atoms with E-state index in [1.165, 1.54) is 0 Å². The SMILES string of the molecule is CCOC(=O)c1[nH]c2c(c1Br)CCCC2=O. The van der Waals surface area contributed by atoms with Crippen LogP contribution in [0.5, 0.6) is 0 Å². The third-order valence-electron chi connectivity index (χ3n) is 2.63. The van der Waals surface area contributed by atoms with E-state index in [1.54, 1.807) is 6.92 Å². The van der Waals surface area contributed by atoms with Gasteiger partial charge < -0.3 is 9.72 Å². The van der Waals surface area contributed by atoms with E-state index in [1.807, 2.05) is 0 Å². The Hall–Kier alpha value is -1.10. The van der Waals surface area contributed by atoms with Crippen molar-refractivity contribution in [3.63, 3.8) is 0 Å². The molecular formula is C11H12BrNO3. The fraction of sp³-hybridized carbons (Fsp3) is 0.455. The predicted molar refractivity (Wildman–Crippen MR) is 61.7 cm³/mol. The lowest BCUT2D eigenvalue weighted by Gasteiger charge is -2.09. The maximum atomic E-state index is 11.6. The summed E-state index contributed by atoms with van der Waals surface area (Å²) >= 11 is 3.35. The standard InChI is InChI=1S/C11H12BrNO3/c1-2-16-11(15)10-8(12)6-4-3-5-7(14)9(6)13-10/h13H,2-5H2,1H3. The quantitative estimate of drug-likeness (QED) is 0.850. The summed E-state index contributed by atoms with van der Waals surface area (Å²) in [5.41, 5.74) is 1.81. The van der Waals surface area contributed by atoms with Gasteiger partial charge in [0.1, 0.15) is 5.69 Å². The van der Waals surface area contributed by atoms with Crippen LogP contribution in [0, 0.1) is 0 Å². The van der Waals surface area contributed by atoms with Gasteiger partial charge in [0, 0.05) is 6.42 Å². The highest BCUT2D eigenvalue weighted by Crippen LogP contribution is 2.31. The first kappa shape index (κ1) is 11.4. The average molecular weight is 286 g/mol. The van der Waals surface area contributed by atoms with Crippen LogP contribution in [0.4, 0.5) is 0 Å². The summed E-state index contributed by atoms with van der Waals surface area (Å²) < 4.78 is 5.59. The molecule has 5 heteroatoms. The molecule has 2 rings (SSSR count). The zero-order valence-corrected chi connectivity index (χ0v) is 10.5. The number of esters is 1. The van der Waals surface area contributed by atoms with Crippen molar-refractivity contribution in [3.8, 4) is 0 Å². The van der Waals surface area contributed by atoms with Gasteiger partial charge in [0.2, 0.25) is 0 Å². The Labute approximate surface area is 101 Å². The van der Waals surface area contributed by atoms with Gasteiger partial charge >= 0.3 is 5.97 Å². The van der Waals surface area contributed by atoms with Crippen LogP contribution >= 0.6 is 15.9 Å². The summed E-state index contributed by atoms with van der Waals surface area (Å²) in [4.78, 5) is 26.1. The predicted octanol–water partition coefficient (Wildman–Crippen LogP) is 2.47. The second kappa shape index (κ2) is 4.41. The molecule has 0 aliphatic heterocycles. The number of carbonyl (C=O) groups excluding carboxylic acids is 2. The van der Waals surface area contributed by atoms with Crippen LogP contribution in [0.3, 0.4) is 0 Å². The van der Waals surface area contributed by atoms with Crippen LogP contribution in [-0.2, 0) is 11.2 Å². The van der Waals surface area contributed by atoms with Crippen LogP contribution in [0.25, 0.3) is 0 Å². The number of aromatic amines is 1. The van der Waals surface area contributed by atoms with Crippen molar-refractivity contribution >= 4 is 27.7 Å². The van der Waals surface area contributed by atoms with E-state index >= 15 is 0 Å². The number of aromatic nitrogens is 1. The minimum atomic E-state index is -0.420. The third-order valence-corrected chi connectivity index (χ3v) is 3.50. The Bertz CT molecular complexity index is 450. The molecule has 0 aromatic carbocycles. The van der Waals surface area contributed by atoms with Crippen LogP contribution < -0.4 is 0 Å². The smallest absolute Gasteiger partial charge is 0.355 e. The number of rotatable bonds is 2. The van der Waals surface area contributed by atoms with Crippen LogP contribution in [0.1, 0.15) is 46.3 Å². The first-order valence-corrected chi connectivity index (χ1v) is 6.05. The normalized spacial score (nSPS) is 14.8. The first-order chi connectivity index (χ1) is 7.65. The van der Waals surface area contributed by atoms with E-state index in [4.69, 9.17) is 4.74 Å². The highest BCUT2D eigenvalue weighted by molar-refractivity contribution is 9.10.